The van der Waals surface area contributed by atoms with Crippen molar-refractivity contribution in [3.05, 3.63) is 35.4 Å². The van der Waals surface area contributed by atoms with Crippen molar-refractivity contribution in [1.29, 1.82) is 0 Å². The number of nitrogens with zero attached hydrogens (tertiary/aromatic N) is 1. The van der Waals surface area contributed by atoms with Crippen LogP contribution in [0.4, 0.5) is 0 Å². The van der Waals surface area contributed by atoms with Gasteiger partial charge in [0.2, 0.25) is 0 Å². The van der Waals surface area contributed by atoms with Crippen LogP contribution in [0.1, 0.15) is 50.3 Å². The first-order valence-corrected chi connectivity index (χ1v) is 7.51. The van der Waals surface area contributed by atoms with Crippen LogP contribution >= 0.6 is 0 Å². The van der Waals surface area contributed by atoms with Gasteiger partial charge in [-0.1, -0.05) is 38.1 Å². The number of nitrogens with two attached hydrogens (primary N) is 1. The molecular weight excluding hydrogens is 232 g/mol. The van der Waals surface area contributed by atoms with E-state index in [-0.39, 0.29) is 6.04 Å². The molecule has 0 aliphatic carbocycles. The van der Waals surface area contributed by atoms with E-state index in [9.17, 15) is 0 Å². The van der Waals surface area contributed by atoms with Gasteiger partial charge in [0, 0.05) is 6.04 Å². The number of piperidine rings is 1. The first-order chi connectivity index (χ1) is 8.98. The number of hydrogen-bond acceptors (Lipinski definition) is 2. The van der Waals surface area contributed by atoms with E-state index in [0.29, 0.717) is 5.41 Å². The quantitative estimate of drug-likeness (QED) is 0.897. The van der Waals surface area contributed by atoms with Crippen LogP contribution in [0.25, 0.3) is 0 Å². The Labute approximate surface area is 118 Å². The third-order valence-corrected chi connectivity index (χ3v) is 4.55. The molecule has 0 amide bonds. The number of likely N-dealkylation sites (tertiary alicyclic amines) is 1. The maximum atomic E-state index is 6.34. The monoisotopic (exact) mass is 260 g/mol. The summed E-state index contributed by atoms with van der Waals surface area (Å²) in [4.78, 5) is 2.57. The van der Waals surface area contributed by atoms with Gasteiger partial charge in [-0.2, -0.15) is 0 Å². The molecule has 1 atom stereocenters. The summed E-state index contributed by atoms with van der Waals surface area (Å²) in [5.41, 5.74) is 9.50. The summed E-state index contributed by atoms with van der Waals surface area (Å²) in [5.74, 6) is 0. The Hall–Kier alpha value is -0.860. The molecule has 2 nitrogen and oxygen atoms in total. The first kappa shape index (κ1) is 14.5. The zero-order valence-corrected chi connectivity index (χ0v) is 12.7. The second kappa shape index (κ2) is 6.06. The number of rotatable bonds is 4. The van der Waals surface area contributed by atoms with Crippen LogP contribution in [0, 0.1) is 12.3 Å². The molecule has 0 spiro atoms. The van der Waals surface area contributed by atoms with Crippen molar-refractivity contribution in [2.45, 2.75) is 46.1 Å². The van der Waals surface area contributed by atoms with E-state index in [1.807, 2.05) is 0 Å². The second-order valence-electron chi connectivity index (χ2n) is 6.76. The maximum Gasteiger partial charge on any atom is 0.0309 e. The van der Waals surface area contributed by atoms with Crippen LogP contribution in [0.2, 0.25) is 0 Å². The Morgan fingerprint density at radius 2 is 1.84 bits per heavy atom. The first-order valence-electron chi connectivity index (χ1n) is 7.51. The predicted octanol–water partition coefficient (Wildman–Crippen LogP) is 3.51. The lowest BCUT2D eigenvalue weighted by Crippen LogP contribution is -2.38. The van der Waals surface area contributed by atoms with Crippen LogP contribution in [0.3, 0.4) is 0 Å². The Bertz CT molecular complexity index is 401. The van der Waals surface area contributed by atoms with Crippen molar-refractivity contribution in [3.8, 4) is 0 Å². The molecular formula is C17H28N2. The van der Waals surface area contributed by atoms with Gasteiger partial charge in [-0.15, -0.1) is 0 Å². The molecule has 2 heteroatoms. The van der Waals surface area contributed by atoms with Gasteiger partial charge in [0.1, 0.15) is 0 Å². The molecule has 0 radical (unpaired) electrons. The van der Waals surface area contributed by atoms with Gasteiger partial charge in [-0.25, -0.2) is 0 Å². The molecule has 19 heavy (non-hydrogen) atoms. The topological polar surface area (TPSA) is 29.3 Å². The van der Waals surface area contributed by atoms with Gasteiger partial charge in [0.25, 0.3) is 0 Å². The van der Waals surface area contributed by atoms with Crippen LogP contribution in [0.5, 0.6) is 0 Å². The minimum absolute atomic E-state index is 0.177. The van der Waals surface area contributed by atoms with Crippen molar-refractivity contribution in [2.24, 2.45) is 11.1 Å². The molecule has 0 saturated carbocycles. The molecule has 106 valence electrons. The molecule has 1 heterocycles. The lowest BCUT2D eigenvalue weighted by molar-refractivity contribution is 0.129. The van der Waals surface area contributed by atoms with Crippen molar-refractivity contribution in [1.82, 2.24) is 4.90 Å². The van der Waals surface area contributed by atoms with Crippen molar-refractivity contribution in [3.63, 3.8) is 0 Å². The van der Waals surface area contributed by atoms with Crippen LogP contribution in [-0.2, 0) is 0 Å². The summed E-state index contributed by atoms with van der Waals surface area (Å²) in [5, 5.41) is 0. The van der Waals surface area contributed by atoms with E-state index in [1.54, 1.807) is 0 Å². The minimum Gasteiger partial charge on any atom is -0.324 e. The highest BCUT2D eigenvalue weighted by molar-refractivity contribution is 5.28. The molecule has 1 aromatic rings. The fraction of sp³-hybridized carbons (Fsp3) is 0.647. The van der Waals surface area contributed by atoms with E-state index < -0.39 is 0 Å². The third-order valence-electron chi connectivity index (χ3n) is 4.55. The highest BCUT2D eigenvalue weighted by atomic mass is 15.1. The summed E-state index contributed by atoms with van der Waals surface area (Å²) < 4.78 is 0. The van der Waals surface area contributed by atoms with Crippen LogP contribution in [0.15, 0.2) is 24.3 Å². The fourth-order valence-electron chi connectivity index (χ4n) is 2.86. The van der Waals surface area contributed by atoms with E-state index in [4.69, 9.17) is 5.73 Å². The highest BCUT2D eigenvalue weighted by Gasteiger charge is 2.25. The zero-order chi connectivity index (χ0) is 13.9. The molecule has 0 bridgehead atoms. The summed E-state index contributed by atoms with van der Waals surface area (Å²) >= 11 is 0. The van der Waals surface area contributed by atoms with Crippen LogP contribution < -0.4 is 5.73 Å². The van der Waals surface area contributed by atoms with Crippen molar-refractivity contribution in [2.75, 3.05) is 19.6 Å². The van der Waals surface area contributed by atoms with Crippen molar-refractivity contribution < 1.29 is 0 Å². The molecule has 2 rings (SSSR count). The van der Waals surface area contributed by atoms with E-state index in [1.165, 1.54) is 37.1 Å². The Morgan fingerprint density at radius 1 is 1.21 bits per heavy atom. The third kappa shape index (κ3) is 4.05. The summed E-state index contributed by atoms with van der Waals surface area (Å²) in [6.45, 7) is 10.5. The molecule has 1 aliphatic rings. The highest BCUT2D eigenvalue weighted by Crippen LogP contribution is 2.30. The largest absolute Gasteiger partial charge is 0.324 e. The summed E-state index contributed by atoms with van der Waals surface area (Å²) in [6, 6.07) is 8.66. The Morgan fingerprint density at radius 3 is 2.47 bits per heavy atom. The summed E-state index contributed by atoms with van der Waals surface area (Å²) in [7, 11) is 0. The number of benzene rings is 1. The molecule has 1 saturated heterocycles. The standard InChI is InChI=1S/C17H28N2/c1-14-6-4-5-7-15(14)16(18)8-11-19-12-9-17(2,3)10-13-19/h4-7,16H,8-13,18H2,1-3H3. The molecule has 1 unspecified atom stereocenters. The Kier molecular flexibility index (Phi) is 4.64. The fourth-order valence-corrected chi connectivity index (χ4v) is 2.86. The van der Waals surface area contributed by atoms with Gasteiger partial charge in [0.05, 0.1) is 0 Å². The molecule has 1 aromatic carbocycles. The maximum absolute atomic E-state index is 6.34. The zero-order valence-electron chi connectivity index (χ0n) is 12.7. The van der Waals surface area contributed by atoms with E-state index in [2.05, 4.69) is 49.9 Å². The summed E-state index contributed by atoms with van der Waals surface area (Å²) in [6.07, 6.45) is 3.69. The predicted molar refractivity (Wildman–Crippen MR) is 82.2 cm³/mol. The number of aryl methyl sites for hydroxylation is 1. The van der Waals surface area contributed by atoms with Gasteiger partial charge < -0.3 is 10.6 Å². The minimum atomic E-state index is 0.177. The Balaban J connectivity index is 1.82. The second-order valence-corrected chi connectivity index (χ2v) is 6.76. The molecule has 0 aromatic heterocycles. The lowest BCUT2D eigenvalue weighted by Gasteiger charge is -2.37. The molecule has 1 fully saturated rings. The smallest absolute Gasteiger partial charge is 0.0309 e. The SMILES string of the molecule is Cc1ccccc1C(N)CCN1CCC(C)(C)CC1. The van der Waals surface area contributed by atoms with Gasteiger partial charge in [-0.05, 0) is 62.4 Å². The van der Waals surface area contributed by atoms with Crippen molar-refractivity contribution >= 4 is 0 Å². The van der Waals surface area contributed by atoms with Gasteiger partial charge in [-0.3, -0.25) is 0 Å². The van der Waals surface area contributed by atoms with E-state index >= 15 is 0 Å². The average Bonchev–Trinajstić information content (AvgIpc) is 2.38. The average molecular weight is 260 g/mol. The molecule has 2 N–H and O–H groups in total. The number of hydrogen-bond donors (Lipinski definition) is 1. The van der Waals surface area contributed by atoms with Crippen LogP contribution in [-0.4, -0.2) is 24.5 Å². The normalized spacial score (nSPS) is 21.3. The van der Waals surface area contributed by atoms with Gasteiger partial charge in [0.15, 0.2) is 0 Å². The van der Waals surface area contributed by atoms with E-state index in [0.717, 1.165) is 13.0 Å². The lowest BCUT2D eigenvalue weighted by atomic mass is 9.82. The molecule has 1 aliphatic heterocycles. The van der Waals surface area contributed by atoms with Gasteiger partial charge >= 0.3 is 0 Å².